The van der Waals surface area contributed by atoms with Crippen molar-refractivity contribution in [3.8, 4) is 5.75 Å². The van der Waals surface area contributed by atoms with E-state index in [4.69, 9.17) is 16.3 Å². The fourth-order valence-electron chi connectivity index (χ4n) is 2.47. The first kappa shape index (κ1) is 15.6. The van der Waals surface area contributed by atoms with Crippen molar-refractivity contribution < 1.29 is 14.3 Å². The molecule has 0 aliphatic heterocycles. The van der Waals surface area contributed by atoms with Crippen molar-refractivity contribution in [1.29, 1.82) is 0 Å². The van der Waals surface area contributed by atoms with Gasteiger partial charge in [-0.25, -0.2) is 0 Å². The van der Waals surface area contributed by atoms with Crippen molar-refractivity contribution in [3.63, 3.8) is 0 Å². The number of benzene rings is 1. The molecule has 1 aliphatic carbocycles. The molecule has 0 heterocycles. The highest BCUT2D eigenvalue weighted by Crippen LogP contribution is 2.27. The van der Waals surface area contributed by atoms with Crippen molar-refractivity contribution in [2.24, 2.45) is 0 Å². The van der Waals surface area contributed by atoms with E-state index in [-0.39, 0.29) is 24.3 Å². The topological polar surface area (TPSA) is 67.4 Å². The number of nitrogens with one attached hydrogen (secondary N) is 2. The summed E-state index contributed by atoms with van der Waals surface area (Å²) in [5.74, 6) is -0.129. The molecule has 2 N–H and O–H groups in total. The average molecular weight is 311 g/mol. The van der Waals surface area contributed by atoms with Crippen LogP contribution in [0.25, 0.3) is 0 Å². The summed E-state index contributed by atoms with van der Waals surface area (Å²) < 4.78 is 5.14. The van der Waals surface area contributed by atoms with Crippen LogP contribution in [0, 0.1) is 0 Å². The van der Waals surface area contributed by atoms with Crippen molar-refractivity contribution in [2.75, 3.05) is 12.4 Å². The summed E-state index contributed by atoms with van der Waals surface area (Å²) in [5.41, 5.74) is 0.462. The lowest BCUT2D eigenvalue weighted by Gasteiger charge is -2.13. The molecule has 1 aromatic carbocycles. The number of halogens is 1. The van der Waals surface area contributed by atoms with Gasteiger partial charge in [-0.1, -0.05) is 24.4 Å². The van der Waals surface area contributed by atoms with E-state index in [0.717, 1.165) is 25.7 Å². The lowest BCUT2D eigenvalue weighted by atomic mass is 10.2. The molecule has 2 amide bonds. The van der Waals surface area contributed by atoms with E-state index in [0.29, 0.717) is 16.5 Å². The molecule has 0 bridgehead atoms. The van der Waals surface area contributed by atoms with E-state index in [1.165, 1.54) is 7.11 Å². The van der Waals surface area contributed by atoms with Gasteiger partial charge in [0.25, 0.3) is 0 Å². The van der Waals surface area contributed by atoms with Crippen LogP contribution < -0.4 is 15.4 Å². The molecule has 0 radical (unpaired) electrons. The molecule has 1 aromatic rings. The highest BCUT2D eigenvalue weighted by Gasteiger charge is 2.19. The van der Waals surface area contributed by atoms with Gasteiger partial charge in [0.2, 0.25) is 11.8 Å². The minimum Gasteiger partial charge on any atom is -0.495 e. The average Bonchev–Trinajstić information content (AvgIpc) is 2.91. The first-order valence-corrected chi connectivity index (χ1v) is 7.39. The molecule has 0 aromatic heterocycles. The van der Waals surface area contributed by atoms with Gasteiger partial charge in [-0.15, -0.1) is 0 Å². The summed E-state index contributed by atoms with van der Waals surface area (Å²) in [4.78, 5) is 23.7. The molecule has 0 spiro atoms. The Morgan fingerprint density at radius 2 is 2.00 bits per heavy atom. The van der Waals surface area contributed by atoms with E-state index in [1.807, 2.05) is 0 Å². The van der Waals surface area contributed by atoms with Gasteiger partial charge in [-0.05, 0) is 31.0 Å². The number of hydrogen-bond donors (Lipinski definition) is 2. The second-order valence-corrected chi connectivity index (χ2v) is 5.55. The number of amides is 2. The van der Waals surface area contributed by atoms with E-state index >= 15 is 0 Å². The zero-order valence-corrected chi connectivity index (χ0v) is 12.7. The van der Waals surface area contributed by atoms with Crippen LogP contribution >= 0.6 is 11.6 Å². The number of rotatable bonds is 5. The van der Waals surface area contributed by atoms with Crippen LogP contribution in [0.2, 0.25) is 5.02 Å². The first-order chi connectivity index (χ1) is 10.1. The number of hydrogen-bond acceptors (Lipinski definition) is 3. The molecule has 0 atom stereocenters. The van der Waals surface area contributed by atoms with Gasteiger partial charge < -0.3 is 15.4 Å². The normalized spacial score (nSPS) is 14.8. The fraction of sp³-hybridized carbons (Fsp3) is 0.467. The SMILES string of the molecule is COc1ccc(Cl)cc1NC(=O)CC(=O)NC1CCCC1. The van der Waals surface area contributed by atoms with Gasteiger partial charge >= 0.3 is 0 Å². The number of anilines is 1. The first-order valence-electron chi connectivity index (χ1n) is 7.01. The number of ether oxygens (including phenoxy) is 1. The van der Waals surface area contributed by atoms with E-state index in [9.17, 15) is 9.59 Å². The molecule has 1 aliphatic rings. The Balaban J connectivity index is 1.89. The molecule has 5 nitrogen and oxygen atoms in total. The van der Waals surface area contributed by atoms with Crippen LogP contribution in [-0.4, -0.2) is 25.0 Å². The highest BCUT2D eigenvalue weighted by atomic mass is 35.5. The van der Waals surface area contributed by atoms with Gasteiger partial charge in [-0.2, -0.15) is 0 Å². The summed E-state index contributed by atoms with van der Waals surface area (Å²) in [6.45, 7) is 0. The standard InChI is InChI=1S/C15H19ClN2O3/c1-21-13-7-6-10(16)8-12(13)18-15(20)9-14(19)17-11-4-2-3-5-11/h6-8,11H,2-5,9H2,1H3,(H,17,19)(H,18,20). The van der Waals surface area contributed by atoms with Crippen LogP contribution in [0.15, 0.2) is 18.2 Å². The molecule has 6 heteroatoms. The summed E-state index contributed by atoms with van der Waals surface area (Å²) in [5, 5.41) is 6.01. The molecule has 0 saturated heterocycles. The van der Waals surface area contributed by atoms with E-state index in [1.54, 1.807) is 18.2 Å². The quantitative estimate of drug-likeness (QED) is 0.822. The number of methoxy groups -OCH3 is 1. The Labute approximate surface area is 129 Å². The van der Waals surface area contributed by atoms with E-state index in [2.05, 4.69) is 10.6 Å². The van der Waals surface area contributed by atoms with Crippen LogP contribution in [0.1, 0.15) is 32.1 Å². The zero-order chi connectivity index (χ0) is 15.2. The largest absolute Gasteiger partial charge is 0.495 e. The van der Waals surface area contributed by atoms with Crippen LogP contribution in [0.3, 0.4) is 0 Å². The van der Waals surface area contributed by atoms with Gasteiger partial charge in [0.05, 0.1) is 12.8 Å². The zero-order valence-electron chi connectivity index (χ0n) is 11.9. The minimum absolute atomic E-state index is 0.202. The van der Waals surface area contributed by atoms with Gasteiger partial charge in [-0.3, -0.25) is 9.59 Å². The molecule has 1 fully saturated rings. The van der Waals surface area contributed by atoms with Crippen LogP contribution in [0.4, 0.5) is 5.69 Å². The van der Waals surface area contributed by atoms with Gasteiger partial charge in [0.1, 0.15) is 12.2 Å². The summed E-state index contributed by atoms with van der Waals surface area (Å²) in [7, 11) is 1.51. The van der Waals surface area contributed by atoms with E-state index < -0.39 is 0 Å². The summed E-state index contributed by atoms with van der Waals surface area (Å²) in [6.07, 6.45) is 4.06. The smallest absolute Gasteiger partial charge is 0.233 e. The minimum atomic E-state index is -0.383. The van der Waals surface area contributed by atoms with Crippen molar-refractivity contribution in [1.82, 2.24) is 5.32 Å². The predicted octanol–water partition coefficient (Wildman–Crippen LogP) is 2.74. The monoisotopic (exact) mass is 310 g/mol. The summed E-state index contributed by atoms with van der Waals surface area (Å²) in [6, 6.07) is 5.14. The highest BCUT2D eigenvalue weighted by molar-refractivity contribution is 6.31. The lowest BCUT2D eigenvalue weighted by Crippen LogP contribution is -2.35. The van der Waals surface area contributed by atoms with Crippen LogP contribution in [-0.2, 0) is 9.59 Å². The Kier molecular flexibility index (Phi) is 5.44. The maximum atomic E-state index is 11.9. The number of carbonyl (C=O) groups excluding carboxylic acids is 2. The molecule has 114 valence electrons. The predicted molar refractivity (Wildman–Crippen MR) is 81.6 cm³/mol. The van der Waals surface area contributed by atoms with Crippen molar-refractivity contribution in [3.05, 3.63) is 23.2 Å². The Morgan fingerprint density at radius 1 is 1.29 bits per heavy atom. The molecule has 2 rings (SSSR count). The molecule has 21 heavy (non-hydrogen) atoms. The lowest BCUT2D eigenvalue weighted by molar-refractivity contribution is -0.127. The molecular weight excluding hydrogens is 292 g/mol. The molecule has 1 saturated carbocycles. The van der Waals surface area contributed by atoms with Crippen molar-refractivity contribution >= 4 is 29.1 Å². The third-order valence-electron chi connectivity index (χ3n) is 3.48. The van der Waals surface area contributed by atoms with Gasteiger partial charge in [0.15, 0.2) is 0 Å². The van der Waals surface area contributed by atoms with Gasteiger partial charge in [0, 0.05) is 11.1 Å². The Bertz CT molecular complexity index is 528. The van der Waals surface area contributed by atoms with Crippen molar-refractivity contribution in [2.45, 2.75) is 38.1 Å². The molecular formula is C15H19ClN2O3. The fourth-order valence-corrected chi connectivity index (χ4v) is 2.64. The second kappa shape index (κ2) is 7.31. The third-order valence-corrected chi connectivity index (χ3v) is 3.71. The Morgan fingerprint density at radius 3 is 2.67 bits per heavy atom. The third kappa shape index (κ3) is 4.63. The Hall–Kier alpha value is -1.75. The van der Waals surface area contributed by atoms with Crippen LogP contribution in [0.5, 0.6) is 5.75 Å². The number of carbonyl (C=O) groups is 2. The molecule has 0 unspecified atom stereocenters. The maximum absolute atomic E-state index is 11.9. The second-order valence-electron chi connectivity index (χ2n) is 5.12. The summed E-state index contributed by atoms with van der Waals surface area (Å²) >= 11 is 5.89. The maximum Gasteiger partial charge on any atom is 0.233 e.